The molecule has 1 unspecified atom stereocenters. The number of rotatable bonds is 3. The molecule has 3 N–H and O–H groups in total. The molecule has 0 aliphatic heterocycles. The molecule has 0 spiro atoms. The average Bonchev–Trinajstić information content (AvgIpc) is 2.94. The van der Waals surface area contributed by atoms with Gasteiger partial charge in [0.25, 0.3) is 0 Å². The lowest BCUT2D eigenvalue weighted by Crippen LogP contribution is -2.06. The number of aromatic amines is 2. The van der Waals surface area contributed by atoms with Crippen LogP contribution in [0.5, 0.6) is 0 Å². The highest BCUT2D eigenvalue weighted by atomic mass is 79.9. The molecule has 20 heavy (non-hydrogen) atoms. The Labute approximate surface area is 135 Å². The van der Waals surface area contributed by atoms with E-state index in [2.05, 4.69) is 59.4 Å². The predicted octanol–water partition coefficient (Wildman–Crippen LogP) is 4.62. The van der Waals surface area contributed by atoms with Crippen LogP contribution in [0, 0.1) is 0 Å². The van der Waals surface area contributed by atoms with E-state index < -0.39 is 0 Å². The van der Waals surface area contributed by atoms with E-state index in [9.17, 15) is 4.79 Å². The van der Waals surface area contributed by atoms with E-state index in [1.807, 2.05) is 18.2 Å². The van der Waals surface area contributed by atoms with Gasteiger partial charge in [-0.15, -0.1) is 11.3 Å². The maximum absolute atomic E-state index is 11.3. The zero-order chi connectivity index (χ0) is 14.3. The van der Waals surface area contributed by atoms with Crippen molar-refractivity contribution in [3.63, 3.8) is 0 Å². The molecule has 2 aromatic heterocycles. The first-order valence-electron chi connectivity index (χ1n) is 5.95. The summed E-state index contributed by atoms with van der Waals surface area (Å²) in [5.41, 5.74) is 2.33. The number of benzene rings is 1. The van der Waals surface area contributed by atoms with Crippen molar-refractivity contribution in [3.8, 4) is 0 Å². The fraction of sp³-hybridized carbons (Fsp3) is 0.154. The van der Waals surface area contributed by atoms with E-state index in [4.69, 9.17) is 0 Å². The number of hydrogen-bond acceptors (Lipinski definition) is 3. The Bertz CT molecular complexity index is 820. The Balaban J connectivity index is 1.96. The van der Waals surface area contributed by atoms with Gasteiger partial charge in [-0.1, -0.05) is 0 Å². The molecular weight excluding hydrogens is 406 g/mol. The molecule has 0 saturated heterocycles. The molecule has 3 rings (SSSR count). The minimum absolute atomic E-state index is 0.170. The van der Waals surface area contributed by atoms with Crippen molar-refractivity contribution in [2.45, 2.75) is 13.0 Å². The number of aromatic nitrogens is 2. The van der Waals surface area contributed by atoms with Gasteiger partial charge in [0.05, 0.1) is 22.8 Å². The van der Waals surface area contributed by atoms with Crippen LogP contribution < -0.4 is 11.0 Å². The third-order valence-corrected chi connectivity index (χ3v) is 5.72. The summed E-state index contributed by atoms with van der Waals surface area (Å²) in [6, 6.07) is 6.03. The van der Waals surface area contributed by atoms with E-state index >= 15 is 0 Å². The summed E-state index contributed by atoms with van der Waals surface area (Å²) in [7, 11) is 0. The molecule has 0 aliphatic carbocycles. The third-order valence-electron chi connectivity index (χ3n) is 3.01. The Kier molecular flexibility index (Phi) is 3.74. The molecule has 1 atom stereocenters. The van der Waals surface area contributed by atoms with Crippen LogP contribution in [0.15, 0.2) is 37.3 Å². The van der Waals surface area contributed by atoms with Crippen LogP contribution in [-0.2, 0) is 0 Å². The van der Waals surface area contributed by atoms with Crippen LogP contribution in [0.25, 0.3) is 11.0 Å². The summed E-state index contributed by atoms with van der Waals surface area (Å²) < 4.78 is 2.02. The normalized spacial score (nSPS) is 12.8. The third kappa shape index (κ3) is 2.57. The lowest BCUT2D eigenvalue weighted by atomic mass is 10.2. The highest BCUT2D eigenvalue weighted by molar-refractivity contribution is 9.11. The van der Waals surface area contributed by atoms with E-state index in [-0.39, 0.29) is 11.7 Å². The van der Waals surface area contributed by atoms with Gasteiger partial charge in [0, 0.05) is 13.8 Å². The quantitative estimate of drug-likeness (QED) is 0.583. The summed E-state index contributed by atoms with van der Waals surface area (Å²) >= 11 is 8.78. The molecule has 0 aliphatic rings. The SMILES string of the molecule is CC(Nc1cc2[nH]c(=O)[nH]c2cc1Br)c1sccc1Br. The molecule has 7 heteroatoms. The number of fused-ring (bicyclic) bond motifs is 1. The summed E-state index contributed by atoms with van der Waals surface area (Å²) in [5, 5.41) is 5.51. The zero-order valence-electron chi connectivity index (χ0n) is 10.5. The monoisotopic (exact) mass is 415 g/mol. The first-order valence-corrected chi connectivity index (χ1v) is 8.42. The van der Waals surface area contributed by atoms with Crippen molar-refractivity contribution < 1.29 is 0 Å². The highest BCUT2D eigenvalue weighted by Crippen LogP contribution is 2.34. The number of H-pyrrole nitrogens is 2. The summed E-state index contributed by atoms with van der Waals surface area (Å²) in [6.45, 7) is 2.10. The number of thiophene rings is 1. The van der Waals surface area contributed by atoms with Crippen LogP contribution in [0.2, 0.25) is 0 Å². The summed E-state index contributed by atoms with van der Waals surface area (Å²) in [4.78, 5) is 18.1. The zero-order valence-corrected chi connectivity index (χ0v) is 14.4. The second-order valence-electron chi connectivity index (χ2n) is 4.46. The van der Waals surface area contributed by atoms with Crippen LogP contribution in [0.3, 0.4) is 0 Å². The highest BCUT2D eigenvalue weighted by Gasteiger charge is 2.13. The van der Waals surface area contributed by atoms with Crippen molar-refractivity contribution in [1.29, 1.82) is 0 Å². The molecule has 4 nitrogen and oxygen atoms in total. The maximum atomic E-state index is 11.3. The topological polar surface area (TPSA) is 60.7 Å². The largest absolute Gasteiger partial charge is 0.377 e. The average molecular weight is 417 g/mol. The first kappa shape index (κ1) is 13.9. The Morgan fingerprint density at radius 1 is 1.20 bits per heavy atom. The van der Waals surface area contributed by atoms with E-state index in [0.717, 1.165) is 25.7 Å². The fourth-order valence-electron chi connectivity index (χ4n) is 2.08. The maximum Gasteiger partial charge on any atom is 0.323 e. The number of imidazole rings is 1. The Morgan fingerprint density at radius 3 is 2.55 bits per heavy atom. The number of hydrogen-bond donors (Lipinski definition) is 3. The molecule has 3 aromatic rings. The molecule has 1 aromatic carbocycles. The van der Waals surface area contributed by atoms with E-state index in [1.165, 1.54) is 4.88 Å². The minimum Gasteiger partial charge on any atom is -0.377 e. The molecule has 0 amide bonds. The van der Waals surface area contributed by atoms with E-state index in [1.54, 1.807) is 11.3 Å². The summed E-state index contributed by atoms with van der Waals surface area (Å²) in [5.74, 6) is 0. The van der Waals surface area contributed by atoms with Crippen LogP contribution >= 0.6 is 43.2 Å². The fourth-order valence-corrected chi connectivity index (χ4v) is 4.26. The molecule has 2 heterocycles. The second-order valence-corrected chi connectivity index (χ2v) is 7.11. The van der Waals surface area contributed by atoms with Crippen molar-refractivity contribution in [1.82, 2.24) is 9.97 Å². The summed E-state index contributed by atoms with van der Waals surface area (Å²) in [6.07, 6.45) is 0. The van der Waals surface area contributed by atoms with Gasteiger partial charge >= 0.3 is 5.69 Å². The number of anilines is 1. The van der Waals surface area contributed by atoms with Gasteiger partial charge in [-0.25, -0.2) is 4.79 Å². The number of nitrogens with one attached hydrogen (secondary N) is 3. The second kappa shape index (κ2) is 5.38. The van der Waals surface area contributed by atoms with Gasteiger partial charge in [-0.2, -0.15) is 0 Å². The standard InChI is InChI=1S/C13H11Br2N3OS/c1-6(12-7(14)2-3-20-12)16-9-5-11-10(4-8(9)15)17-13(19)18-11/h2-6,16H,1H3,(H2,17,18,19). The molecule has 104 valence electrons. The molecule has 0 fully saturated rings. The minimum atomic E-state index is -0.196. The van der Waals surface area contributed by atoms with Gasteiger partial charge < -0.3 is 15.3 Å². The van der Waals surface area contributed by atoms with Gasteiger partial charge in [-0.05, 0) is 62.4 Å². The van der Waals surface area contributed by atoms with Crippen LogP contribution in [-0.4, -0.2) is 9.97 Å². The molecule has 0 radical (unpaired) electrons. The van der Waals surface area contributed by atoms with Crippen molar-refractivity contribution in [3.05, 3.63) is 47.9 Å². The van der Waals surface area contributed by atoms with Crippen molar-refractivity contribution in [2.24, 2.45) is 0 Å². The van der Waals surface area contributed by atoms with Gasteiger partial charge in [-0.3, -0.25) is 0 Å². The lowest BCUT2D eigenvalue weighted by Gasteiger charge is -2.16. The smallest absolute Gasteiger partial charge is 0.323 e. The van der Waals surface area contributed by atoms with E-state index in [0.29, 0.717) is 0 Å². The van der Waals surface area contributed by atoms with Crippen molar-refractivity contribution in [2.75, 3.05) is 5.32 Å². The van der Waals surface area contributed by atoms with Gasteiger partial charge in [0.2, 0.25) is 0 Å². The molecule has 0 bridgehead atoms. The lowest BCUT2D eigenvalue weighted by molar-refractivity contribution is 0.902. The first-order chi connectivity index (χ1) is 9.54. The van der Waals surface area contributed by atoms with Gasteiger partial charge in [0.15, 0.2) is 0 Å². The van der Waals surface area contributed by atoms with Gasteiger partial charge in [0.1, 0.15) is 0 Å². The van der Waals surface area contributed by atoms with Crippen LogP contribution in [0.4, 0.5) is 5.69 Å². The predicted molar refractivity (Wildman–Crippen MR) is 90.7 cm³/mol. The van der Waals surface area contributed by atoms with Crippen molar-refractivity contribution >= 4 is 59.9 Å². The Hall–Kier alpha value is -1.05. The Morgan fingerprint density at radius 2 is 1.90 bits per heavy atom. The molecule has 0 saturated carbocycles. The number of halogens is 2. The van der Waals surface area contributed by atoms with Crippen LogP contribution in [0.1, 0.15) is 17.8 Å². The molecular formula is C13H11Br2N3OS.